The summed E-state index contributed by atoms with van der Waals surface area (Å²) in [6.45, 7) is 0.482. The van der Waals surface area contributed by atoms with Gasteiger partial charge >= 0.3 is 5.97 Å². The van der Waals surface area contributed by atoms with Gasteiger partial charge in [-0.2, -0.15) is 10.1 Å². The van der Waals surface area contributed by atoms with Crippen molar-refractivity contribution in [3.63, 3.8) is 0 Å². The largest absolute Gasteiger partial charge is 0.478 e. The number of hydrogen-bond donors (Lipinski definition) is 1. The first-order valence-electron chi connectivity index (χ1n) is 11.0. The van der Waals surface area contributed by atoms with Crippen LogP contribution in [0.2, 0.25) is 0 Å². The Balaban J connectivity index is 1.31. The normalized spacial score (nSPS) is 25.6. The summed E-state index contributed by atoms with van der Waals surface area (Å²) < 4.78 is 2.02. The predicted molar refractivity (Wildman–Crippen MR) is 122 cm³/mol. The lowest BCUT2D eigenvalue weighted by Gasteiger charge is -2.13. The molecule has 6 rings (SSSR count). The molecule has 2 bridgehead atoms. The average Bonchev–Trinajstić information content (AvgIpc) is 3.57. The van der Waals surface area contributed by atoms with Crippen LogP contribution < -0.4 is 0 Å². The molecule has 1 saturated carbocycles. The maximum absolute atomic E-state index is 12.9. The van der Waals surface area contributed by atoms with E-state index in [0.717, 1.165) is 33.5 Å². The van der Waals surface area contributed by atoms with Gasteiger partial charge in [0.2, 0.25) is 0 Å². The van der Waals surface area contributed by atoms with E-state index in [1.165, 1.54) is 0 Å². The molecule has 4 atom stereocenters. The Bertz CT molecular complexity index is 1360. The maximum atomic E-state index is 12.9. The number of rotatable bonds is 5. The number of amides is 2. The molecule has 0 spiro atoms. The third-order valence-electron chi connectivity index (χ3n) is 7.11. The van der Waals surface area contributed by atoms with E-state index in [9.17, 15) is 19.5 Å². The minimum atomic E-state index is -0.963. The summed E-state index contributed by atoms with van der Waals surface area (Å²) in [5.74, 6) is -1.60. The Morgan fingerprint density at radius 1 is 1.03 bits per heavy atom. The monoisotopic (exact) mass is 439 g/mol. The maximum Gasteiger partial charge on any atom is 0.335 e. The molecule has 1 aromatic heterocycles. The van der Waals surface area contributed by atoms with E-state index in [0.29, 0.717) is 6.54 Å². The molecule has 0 radical (unpaired) electrons. The van der Waals surface area contributed by atoms with Gasteiger partial charge in [0.1, 0.15) is 0 Å². The van der Waals surface area contributed by atoms with Crippen LogP contribution >= 0.6 is 0 Å². The van der Waals surface area contributed by atoms with Gasteiger partial charge in [-0.1, -0.05) is 42.5 Å². The smallest absolute Gasteiger partial charge is 0.335 e. The van der Waals surface area contributed by atoms with Crippen molar-refractivity contribution >= 4 is 34.9 Å². The van der Waals surface area contributed by atoms with Gasteiger partial charge in [0, 0.05) is 29.2 Å². The zero-order valence-corrected chi connectivity index (χ0v) is 17.7. The average molecular weight is 439 g/mol. The number of hydrazone groups is 1. The number of benzene rings is 2. The number of para-hydroxylation sites is 1. The number of hydrogen-bond acceptors (Lipinski definition) is 4. The summed E-state index contributed by atoms with van der Waals surface area (Å²) in [5.41, 5.74) is 2.85. The molecule has 33 heavy (non-hydrogen) atoms. The molecule has 2 aliphatic carbocycles. The van der Waals surface area contributed by atoms with E-state index in [4.69, 9.17) is 0 Å². The van der Waals surface area contributed by atoms with E-state index in [2.05, 4.69) is 17.3 Å². The first kappa shape index (κ1) is 19.7. The van der Waals surface area contributed by atoms with Crippen LogP contribution in [-0.2, 0) is 16.1 Å². The van der Waals surface area contributed by atoms with Crippen molar-refractivity contribution in [3.05, 3.63) is 83.6 Å². The summed E-state index contributed by atoms with van der Waals surface area (Å²) in [6.07, 6.45) is 8.52. The fourth-order valence-corrected chi connectivity index (χ4v) is 5.63. The van der Waals surface area contributed by atoms with Crippen LogP contribution in [0.25, 0.3) is 10.9 Å². The fourth-order valence-electron chi connectivity index (χ4n) is 5.63. The first-order chi connectivity index (χ1) is 16.0. The van der Waals surface area contributed by atoms with E-state index in [1.54, 1.807) is 24.4 Å². The standard InChI is InChI=1S/C26H21N3O4/c30-24-22-16-8-9-17(11-16)23(22)25(31)29(24)27-12-19-14-28(21-7-2-1-6-20(19)21)13-15-4-3-5-18(10-15)26(32)33/h1-10,12,14,16-17,22-23H,11,13H2,(H,32,33). The zero-order chi connectivity index (χ0) is 22.7. The lowest BCUT2D eigenvalue weighted by Crippen LogP contribution is -2.28. The molecule has 2 aromatic carbocycles. The van der Waals surface area contributed by atoms with Gasteiger partial charge < -0.3 is 9.67 Å². The van der Waals surface area contributed by atoms with Crippen LogP contribution in [0.3, 0.4) is 0 Å². The number of carbonyl (C=O) groups excluding carboxylic acids is 2. The summed E-state index contributed by atoms with van der Waals surface area (Å²) in [4.78, 5) is 37.1. The van der Waals surface area contributed by atoms with Gasteiger partial charge in [-0.3, -0.25) is 9.59 Å². The Morgan fingerprint density at radius 2 is 1.76 bits per heavy atom. The van der Waals surface area contributed by atoms with Gasteiger partial charge in [0.25, 0.3) is 11.8 Å². The molecule has 1 aliphatic heterocycles. The highest BCUT2D eigenvalue weighted by Crippen LogP contribution is 2.52. The SMILES string of the molecule is O=C(O)c1cccc(Cn2cc(C=NN3C(=O)C4C5C=CC(C5)C4C3=O)c3ccccc32)c1. The molecule has 1 N–H and O–H groups in total. The molecular formula is C26H21N3O4. The van der Waals surface area contributed by atoms with Crippen LogP contribution in [0, 0.1) is 23.7 Å². The van der Waals surface area contributed by atoms with Crippen molar-refractivity contribution in [1.82, 2.24) is 9.58 Å². The summed E-state index contributed by atoms with van der Waals surface area (Å²) in [5, 5.41) is 15.6. The van der Waals surface area contributed by atoms with E-state index in [-0.39, 0.29) is 41.0 Å². The number of aromatic nitrogens is 1. The number of imide groups is 1. The number of carboxylic acid groups (broad SMARTS) is 1. The number of nitrogens with zero attached hydrogens (tertiary/aromatic N) is 3. The van der Waals surface area contributed by atoms with Crippen LogP contribution in [0.15, 0.2) is 72.0 Å². The van der Waals surface area contributed by atoms with Crippen LogP contribution in [-0.4, -0.2) is 38.7 Å². The molecule has 164 valence electrons. The molecule has 2 heterocycles. The van der Waals surface area contributed by atoms with E-state index >= 15 is 0 Å². The summed E-state index contributed by atoms with van der Waals surface area (Å²) >= 11 is 0. The second-order valence-electron chi connectivity index (χ2n) is 8.97. The molecular weight excluding hydrogens is 418 g/mol. The Hall–Kier alpha value is -4.00. The third-order valence-corrected chi connectivity index (χ3v) is 7.11. The van der Waals surface area contributed by atoms with Crippen LogP contribution in [0.5, 0.6) is 0 Å². The summed E-state index contributed by atoms with van der Waals surface area (Å²) in [7, 11) is 0. The lowest BCUT2D eigenvalue weighted by molar-refractivity contribution is -0.140. The molecule has 7 heteroatoms. The van der Waals surface area contributed by atoms with Crippen LogP contribution in [0.1, 0.15) is 27.9 Å². The Morgan fingerprint density at radius 3 is 2.48 bits per heavy atom. The number of allylic oxidation sites excluding steroid dienone is 2. The molecule has 4 unspecified atom stereocenters. The highest BCUT2D eigenvalue weighted by atomic mass is 16.4. The number of carbonyl (C=O) groups is 3. The van der Waals surface area contributed by atoms with Gasteiger partial charge in [-0.15, -0.1) is 0 Å². The Labute approximate surface area is 189 Å². The van der Waals surface area contributed by atoms with Crippen molar-refractivity contribution < 1.29 is 19.5 Å². The molecule has 2 amide bonds. The highest BCUT2D eigenvalue weighted by Gasteiger charge is 2.59. The van der Waals surface area contributed by atoms with Crippen molar-refractivity contribution in [1.29, 1.82) is 0 Å². The molecule has 7 nitrogen and oxygen atoms in total. The van der Waals surface area contributed by atoms with Crippen molar-refractivity contribution in [2.24, 2.45) is 28.8 Å². The van der Waals surface area contributed by atoms with Crippen molar-refractivity contribution in [2.75, 3.05) is 0 Å². The third kappa shape index (κ3) is 3.03. The van der Waals surface area contributed by atoms with Gasteiger partial charge in [0.05, 0.1) is 23.6 Å². The molecule has 1 saturated heterocycles. The lowest BCUT2D eigenvalue weighted by atomic mass is 9.85. The second-order valence-corrected chi connectivity index (χ2v) is 8.97. The van der Waals surface area contributed by atoms with E-state index in [1.807, 2.05) is 41.1 Å². The number of carboxylic acids is 1. The molecule has 3 aliphatic rings. The topological polar surface area (TPSA) is 92.0 Å². The quantitative estimate of drug-likeness (QED) is 0.374. The van der Waals surface area contributed by atoms with Crippen molar-refractivity contribution in [3.8, 4) is 0 Å². The number of fused-ring (bicyclic) bond motifs is 6. The highest BCUT2D eigenvalue weighted by molar-refractivity contribution is 6.07. The molecule has 3 aromatic rings. The van der Waals surface area contributed by atoms with Gasteiger partial charge in [-0.05, 0) is 42.0 Å². The Kier molecular flexibility index (Phi) is 4.33. The second kappa shape index (κ2) is 7.27. The van der Waals surface area contributed by atoms with Gasteiger partial charge in [0.15, 0.2) is 0 Å². The minimum absolute atomic E-state index is 0.153. The minimum Gasteiger partial charge on any atom is -0.478 e. The van der Waals surface area contributed by atoms with Gasteiger partial charge in [-0.25, -0.2) is 4.79 Å². The number of aromatic carboxylic acids is 1. The molecule has 2 fully saturated rings. The predicted octanol–water partition coefficient (Wildman–Crippen LogP) is 3.53. The zero-order valence-electron chi connectivity index (χ0n) is 17.7. The van der Waals surface area contributed by atoms with Crippen molar-refractivity contribution in [2.45, 2.75) is 13.0 Å². The fraction of sp³-hybridized carbons (Fsp3) is 0.231. The van der Waals surface area contributed by atoms with Crippen LogP contribution in [0.4, 0.5) is 0 Å². The first-order valence-corrected chi connectivity index (χ1v) is 11.0. The van der Waals surface area contributed by atoms with E-state index < -0.39 is 5.97 Å². The summed E-state index contributed by atoms with van der Waals surface area (Å²) in [6, 6.07) is 14.7.